The summed E-state index contributed by atoms with van der Waals surface area (Å²) >= 11 is 1.28. The van der Waals surface area contributed by atoms with E-state index < -0.39 is 12.0 Å². The van der Waals surface area contributed by atoms with Crippen molar-refractivity contribution in [1.82, 2.24) is 20.1 Å². The summed E-state index contributed by atoms with van der Waals surface area (Å²) in [5.41, 5.74) is 0.768. The number of aliphatic carboxylic acids is 1. The van der Waals surface area contributed by atoms with E-state index in [4.69, 9.17) is 0 Å². The second kappa shape index (κ2) is 8.88. The van der Waals surface area contributed by atoms with Crippen molar-refractivity contribution >= 4 is 34.4 Å². The number of fused-ring (bicyclic) bond motifs is 1. The predicted octanol–water partition coefficient (Wildman–Crippen LogP) is 3.44. The van der Waals surface area contributed by atoms with Gasteiger partial charge in [0.25, 0.3) is 0 Å². The Balaban J connectivity index is 1.71. The number of benzene rings is 2. The van der Waals surface area contributed by atoms with Crippen LogP contribution in [0.25, 0.3) is 10.8 Å². The zero-order chi connectivity index (χ0) is 20.1. The highest BCUT2D eigenvalue weighted by Gasteiger charge is 2.19. The summed E-state index contributed by atoms with van der Waals surface area (Å²) in [6.07, 6.45) is 1.45. The minimum Gasteiger partial charge on any atom is -0.481 e. The van der Waals surface area contributed by atoms with Crippen molar-refractivity contribution in [3.63, 3.8) is 0 Å². The number of nitrogens with zero attached hydrogens (tertiary/aromatic N) is 3. The minimum absolute atomic E-state index is 0.134. The van der Waals surface area contributed by atoms with E-state index in [1.165, 1.54) is 11.8 Å². The lowest BCUT2D eigenvalue weighted by molar-refractivity contribution is -0.137. The molecule has 3 aromatic rings. The number of thioether (sulfide) groups is 1. The molecule has 0 aliphatic rings. The van der Waals surface area contributed by atoms with Gasteiger partial charge in [0.1, 0.15) is 6.33 Å². The molecule has 0 bridgehead atoms. The number of nitrogens with one attached hydrogen (secondary N) is 1. The Morgan fingerprint density at radius 3 is 2.64 bits per heavy atom. The standard InChI is InChI=1S/C20H22N4O3S/c1-13(2)24-12-21-23-20(24)28-11-18(25)22-17(10-19(26)27)16-8-7-14-5-3-4-6-15(14)9-16/h3-9,12-13,17H,10-11H2,1-2H3,(H,22,25)(H,26,27)/t17-/m0/s1. The zero-order valence-corrected chi connectivity index (χ0v) is 16.5. The van der Waals surface area contributed by atoms with Crippen LogP contribution < -0.4 is 5.32 Å². The first-order valence-electron chi connectivity index (χ1n) is 8.96. The quantitative estimate of drug-likeness (QED) is 0.564. The zero-order valence-electron chi connectivity index (χ0n) is 15.7. The highest BCUT2D eigenvalue weighted by molar-refractivity contribution is 7.99. The maximum atomic E-state index is 12.5. The third kappa shape index (κ3) is 4.89. The fourth-order valence-corrected chi connectivity index (χ4v) is 3.76. The van der Waals surface area contributed by atoms with Gasteiger partial charge in [0.15, 0.2) is 5.16 Å². The summed E-state index contributed by atoms with van der Waals surface area (Å²) in [7, 11) is 0. The van der Waals surface area contributed by atoms with Crippen LogP contribution in [0, 0.1) is 0 Å². The molecule has 146 valence electrons. The number of hydrogen-bond acceptors (Lipinski definition) is 5. The van der Waals surface area contributed by atoms with Gasteiger partial charge < -0.3 is 15.0 Å². The Kier molecular flexibility index (Phi) is 6.30. The SMILES string of the molecule is CC(C)n1cnnc1SCC(=O)N[C@@H](CC(=O)O)c1ccc2ccccc2c1. The van der Waals surface area contributed by atoms with Crippen molar-refractivity contribution in [3.8, 4) is 0 Å². The van der Waals surface area contributed by atoms with Crippen LogP contribution in [0.15, 0.2) is 53.9 Å². The van der Waals surface area contributed by atoms with E-state index in [-0.39, 0.29) is 24.1 Å². The van der Waals surface area contributed by atoms with Crippen molar-refractivity contribution in [1.29, 1.82) is 0 Å². The number of carbonyl (C=O) groups is 2. The summed E-state index contributed by atoms with van der Waals surface area (Å²) in [6.45, 7) is 4.02. The van der Waals surface area contributed by atoms with E-state index in [2.05, 4.69) is 15.5 Å². The number of amides is 1. The lowest BCUT2D eigenvalue weighted by Gasteiger charge is -2.18. The van der Waals surface area contributed by atoms with Gasteiger partial charge in [0, 0.05) is 6.04 Å². The molecule has 0 saturated carbocycles. The largest absolute Gasteiger partial charge is 0.481 e. The molecule has 28 heavy (non-hydrogen) atoms. The summed E-state index contributed by atoms with van der Waals surface area (Å²) in [5.74, 6) is -1.08. The monoisotopic (exact) mass is 398 g/mol. The van der Waals surface area contributed by atoms with E-state index in [1.54, 1.807) is 6.33 Å². The molecule has 0 aliphatic carbocycles. The molecule has 7 nitrogen and oxygen atoms in total. The molecule has 8 heteroatoms. The van der Waals surface area contributed by atoms with Gasteiger partial charge >= 0.3 is 5.97 Å². The topological polar surface area (TPSA) is 97.1 Å². The van der Waals surface area contributed by atoms with Crippen molar-refractivity contribution < 1.29 is 14.7 Å². The van der Waals surface area contributed by atoms with E-state index >= 15 is 0 Å². The third-order valence-electron chi connectivity index (χ3n) is 4.32. The summed E-state index contributed by atoms with van der Waals surface area (Å²) < 4.78 is 1.88. The average molecular weight is 398 g/mol. The Morgan fingerprint density at radius 2 is 1.93 bits per heavy atom. The van der Waals surface area contributed by atoms with Gasteiger partial charge in [-0.2, -0.15) is 0 Å². The number of carbonyl (C=O) groups excluding carboxylic acids is 1. The minimum atomic E-state index is -0.967. The fourth-order valence-electron chi connectivity index (χ4n) is 2.91. The lowest BCUT2D eigenvalue weighted by Crippen LogP contribution is -2.31. The average Bonchev–Trinajstić information content (AvgIpc) is 3.14. The van der Waals surface area contributed by atoms with Gasteiger partial charge in [-0.3, -0.25) is 9.59 Å². The van der Waals surface area contributed by atoms with Crippen molar-refractivity contribution in [2.75, 3.05) is 5.75 Å². The van der Waals surface area contributed by atoms with Crippen molar-refractivity contribution in [2.45, 2.75) is 37.5 Å². The smallest absolute Gasteiger partial charge is 0.305 e. The maximum absolute atomic E-state index is 12.5. The second-order valence-electron chi connectivity index (χ2n) is 6.73. The molecule has 0 saturated heterocycles. The van der Waals surface area contributed by atoms with Crippen molar-refractivity contribution in [3.05, 3.63) is 54.4 Å². The Morgan fingerprint density at radius 1 is 1.18 bits per heavy atom. The molecule has 1 heterocycles. The Labute approximate surface area is 167 Å². The molecule has 2 aromatic carbocycles. The van der Waals surface area contributed by atoms with Crippen LogP contribution >= 0.6 is 11.8 Å². The molecule has 0 unspecified atom stereocenters. The van der Waals surface area contributed by atoms with Crippen LogP contribution in [0.4, 0.5) is 0 Å². The first-order chi connectivity index (χ1) is 13.4. The summed E-state index contributed by atoms with van der Waals surface area (Å²) in [5, 5.41) is 22.8. The van der Waals surface area contributed by atoms with Crippen LogP contribution in [-0.4, -0.2) is 37.5 Å². The first kappa shape index (κ1) is 19.9. The summed E-state index contributed by atoms with van der Waals surface area (Å²) in [6, 6.07) is 13.1. The number of rotatable bonds is 8. The summed E-state index contributed by atoms with van der Waals surface area (Å²) in [4.78, 5) is 23.8. The second-order valence-corrected chi connectivity index (χ2v) is 7.67. The van der Waals surface area contributed by atoms with Crippen LogP contribution in [0.3, 0.4) is 0 Å². The van der Waals surface area contributed by atoms with Gasteiger partial charge in [-0.05, 0) is 36.2 Å². The van der Waals surface area contributed by atoms with Crippen molar-refractivity contribution in [2.24, 2.45) is 0 Å². The molecule has 2 N–H and O–H groups in total. The molecule has 0 fully saturated rings. The van der Waals surface area contributed by atoms with Gasteiger partial charge in [-0.15, -0.1) is 10.2 Å². The fraction of sp³-hybridized carbons (Fsp3) is 0.300. The molecule has 0 aliphatic heterocycles. The molecular formula is C20H22N4O3S. The highest BCUT2D eigenvalue weighted by atomic mass is 32.2. The molecule has 0 radical (unpaired) electrons. The predicted molar refractivity (Wildman–Crippen MR) is 108 cm³/mol. The van der Waals surface area contributed by atoms with E-state index in [9.17, 15) is 14.7 Å². The van der Waals surface area contributed by atoms with Crippen LogP contribution in [0.5, 0.6) is 0 Å². The Hall–Kier alpha value is -2.87. The van der Waals surface area contributed by atoms with E-state index in [0.717, 1.165) is 16.3 Å². The molecule has 0 spiro atoms. The molecule has 1 aromatic heterocycles. The lowest BCUT2D eigenvalue weighted by atomic mass is 9.99. The van der Waals surface area contributed by atoms with Crippen LogP contribution in [0.1, 0.15) is 37.9 Å². The van der Waals surface area contributed by atoms with Gasteiger partial charge in [-0.25, -0.2) is 0 Å². The number of carboxylic acid groups (broad SMARTS) is 1. The van der Waals surface area contributed by atoms with E-state index in [0.29, 0.717) is 5.16 Å². The Bertz CT molecular complexity index is 986. The number of carboxylic acids is 1. The third-order valence-corrected chi connectivity index (χ3v) is 5.28. The number of hydrogen-bond donors (Lipinski definition) is 2. The van der Waals surface area contributed by atoms with Gasteiger partial charge in [-0.1, -0.05) is 48.2 Å². The van der Waals surface area contributed by atoms with Gasteiger partial charge in [0.2, 0.25) is 5.91 Å². The molecular weight excluding hydrogens is 376 g/mol. The highest BCUT2D eigenvalue weighted by Crippen LogP contribution is 2.24. The van der Waals surface area contributed by atoms with Crippen LogP contribution in [0.2, 0.25) is 0 Å². The molecule has 1 atom stereocenters. The normalized spacial score (nSPS) is 12.2. The molecule has 1 amide bonds. The first-order valence-corrected chi connectivity index (χ1v) is 9.94. The molecule has 3 rings (SSSR count). The maximum Gasteiger partial charge on any atom is 0.305 e. The van der Waals surface area contributed by atoms with Gasteiger partial charge in [0.05, 0.1) is 18.2 Å². The van der Waals surface area contributed by atoms with E-state index in [1.807, 2.05) is 60.9 Å². The van der Waals surface area contributed by atoms with Crippen LogP contribution in [-0.2, 0) is 9.59 Å². The number of aromatic nitrogens is 3.